The number of carbonyl (C=O) groups is 1. The van der Waals surface area contributed by atoms with E-state index < -0.39 is 24.4 Å². The molecule has 6 heteroatoms. The predicted molar refractivity (Wildman–Crippen MR) is 162 cm³/mol. The van der Waals surface area contributed by atoms with Crippen molar-refractivity contribution in [3.05, 3.63) is 101 Å². The summed E-state index contributed by atoms with van der Waals surface area (Å²) >= 11 is 0. The summed E-state index contributed by atoms with van der Waals surface area (Å²) in [5.74, 6) is 0.0117. The molecule has 3 aromatic carbocycles. The molecule has 40 heavy (non-hydrogen) atoms. The first-order valence-corrected chi connectivity index (χ1v) is 14.1. The average molecular weight is 538 g/mol. The van der Waals surface area contributed by atoms with Gasteiger partial charge < -0.3 is 19.4 Å². The van der Waals surface area contributed by atoms with Crippen molar-refractivity contribution >= 4 is 19.3 Å². The van der Waals surface area contributed by atoms with Crippen LogP contribution in [0.1, 0.15) is 76.6 Å². The van der Waals surface area contributed by atoms with Gasteiger partial charge in [0.2, 0.25) is 0 Å². The van der Waals surface area contributed by atoms with Crippen molar-refractivity contribution in [2.75, 3.05) is 13.2 Å². The van der Waals surface area contributed by atoms with Gasteiger partial charge >= 0.3 is 13.2 Å². The molecular formula is C34H40BNO4. The summed E-state index contributed by atoms with van der Waals surface area (Å²) in [6, 6.07) is 25.1. The molecule has 1 amide bonds. The van der Waals surface area contributed by atoms with Gasteiger partial charge in [0.05, 0.1) is 11.2 Å². The predicted octanol–water partition coefficient (Wildman–Crippen LogP) is 7.54. The van der Waals surface area contributed by atoms with Crippen LogP contribution >= 0.6 is 0 Å². The van der Waals surface area contributed by atoms with Crippen molar-refractivity contribution in [2.24, 2.45) is 0 Å². The number of hydrogen-bond donors (Lipinski definition) is 1. The first-order valence-electron chi connectivity index (χ1n) is 14.1. The fourth-order valence-corrected chi connectivity index (χ4v) is 5.31. The molecule has 0 unspecified atom stereocenters. The van der Waals surface area contributed by atoms with Gasteiger partial charge in [-0.1, -0.05) is 99.6 Å². The minimum Gasteiger partial charge on any atom is -0.449 e. The fraction of sp³-hybridized carbons (Fsp3) is 0.382. The van der Waals surface area contributed by atoms with Gasteiger partial charge in [-0.2, -0.15) is 0 Å². The Morgan fingerprint density at radius 3 is 1.93 bits per heavy atom. The second kappa shape index (κ2) is 10.6. The number of nitrogens with one attached hydrogen (secondary N) is 1. The summed E-state index contributed by atoms with van der Waals surface area (Å²) in [4.78, 5) is 13.0. The summed E-state index contributed by atoms with van der Waals surface area (Å²) < 4.78 is 18.5. The van der Waals surface area contributed by atoms with E-state index in [1.807, 2.05) is 58.0 Å². The van der Waals surface area contributed by atoms with E-state index in [4.69, 9.17) is 14.0 Å². The molecule has 208 valence electrons. The molecule has 0 spiro atoms. The summed E-state index contributed by atoms with van der Waals surface area (Å²) in [5.41, 5.74) is 6.99. The molecule has 5 rings (SSSR count). The summed E-state index contributed by atoms with van der Waals surface area (Å²) in [6.45, 7) is 15.2. The zero-order chi connectivity index (χ0) is 28.7. The second-order valence-corrected chi connectivity index (χ2v) is 12.9. The van der Waals surface area contributed by atoms with E-state index in [0.29, 0.717) is 0 Å². The standard InChI is InChI=1S/C34H40BNO4/c1-32(2,3)24-18-16-23(17-19-24)20-25(35-39-33(4,5)34(6,7)40-35)21-36-31(37)38-22-30-28-14-10-8-12-26(28)27-13-9-11-15-29(27)30/h8-20,30H,21-22H2,1-7H3,(H,36,37). The first kappa shape index (κ1) is 28.2. The largest absolute Gasteiger partial charge is 0.492 e. The van der Waals surface area contributed by atoms with Gasteiger partial charge in [0.15, 0.2) is 0 Å². The lowest BCUT2D eigenvalue weighted by molar-refractivity contribution is 0.00578. The molecule has 1 aliphatic heterocycles. The molecule has 0 aromatic heterocycles. The molecule has 5 nitrogen and oxygen atoms in total. The Morgan fingerprint density at radius 1 is 0.875 bits per heavy atom. The minimum absolute atomic E-state index is 0.0117. The lowest BCUT2D eigenvalue weighted by Gasteiger charge is -2.32. The van der Waals surface area contributed by atoms with Crippen LogP contribution in [0.25, 0.3) is 17.2 Å². The Balaban J connectivity index is 1.30. The highest BCUT2D eigenvalue weighted by Gasteiger charge is 2.52. The minimum atomic E-state index is -0.582. The Kier molecular flexibility index (Phi) is 7.45. The second-order valence-electron chi connectivity index (χ2n) is 12.9. The Bertz CT molecular complexity index is 1360. The van der Waals surface area contributed by atoms with E-state index in [0.717, 1.165) is 11.0 Å². The van der Waals surface area contributed by atoms with E-state index in [9.17, 15) is 4.79 Å². The summed E-state index contributed by atoms with van der Waals surface area (Å²) in [6.07, 6.45) is 1.57. The van der Waals surface area contributed by atoms with Crippen LogP contribution in [0.2, 0.25) is 0 Å². The Morgan fingerprint density at radius 2 is 1.40 bits per heavy atom. The third-order valence-electron chi connectivity index (χ3n) is 8.47. The third-order valence-corrected chi connectivity index (χ3v) is 8.47. The average Bonchev–Trinajstić information content (AvgIpc) is 3.34. The number of amides is 1. The van der Waals surface area contributed by atoms with Crippen LogP contribution in [0.3, 0.4) is 0 Å². The van der Waals surface area contributed by atoms with Crippen LogP contribution in [0.4, 0.5) is 4.79 Å². The maximum atomic E-state index is 13.0. The number of alkyl carbamates (subject to hydrolysis) is 1. The number of rotatable bonds is 6. The van der Waals surface area contributed by atoms with Crippen LogP contribution < -0.4 is 5.32 Å². The van der Waals surface area contributed by atoms with Gasteiger partial charge in [-0.3, -0.25) is 0 Å². The van der Waals surface area contributed by atoms with Crippen LogP contribution in [-0.2, 0) is 19.5 Å². The maximum Gasteiger partial charge on any atom is 0.492 e. The monoisotopic (exact) mass is 537 g/mol. The van der Waals surface area contributed by atoms with Crippen molar-refractivity contribution in [3.63, 3.8) is 0 Å². The quantitative estimate of drug-likeness (QED) is 0.330. The van der Waals surface area contributed by atoms with E-state index in [-0.39, 0.29) is 24.5 Å². The highest BCUT2D eigenvalue weighted by atomic mass is 16.7. The molecular weight excluding hydrogens is 497 g/mol. The Hall–Kier alpha value is -3.35. The van der Waals surface area contributed by atoms with Crippen LogP contribution in [-0.4, -0.2) is 37.6 Å². The van der Waals surface area contributed by atoms with Crippen molar-refractivity contribution in [1.82, 2.24) is 5.32 Å². The number of fused-ring (bicyclic) bond motifs is 3. The van der Waals surface area contributed by atoms with Gasteiger partial charge in [0.1, 0.15) is 6.61 Å². The molecule has 0 radical (unpaired) electrons. The number of carbonyl (C=O) groups excluding carboxylic acids is 1. The number of ether oxygens (including phenoxy) is 1. The van der Waals surface area contributed by atoms with Crippen LogP contribution in [0.5, 0.6) is 0 Å². The normalized spacial score (nSPS) is 17.9. The molecule has 2 aliphatic rings. The van der Waals surface area contributed by atoms with Gasteiger partial charge in [-0.05, 0) is 72.0 Å². The molecule has 1 heterocycles. The fourth-order valence-electron chi connectivity index (χ4n) is 5.31. The highest BCUT2D eigenvalue weighted by Crippen LogP contribution is 2.44. The van der Waals surface area contributed by atoms with E-state index in [1.165, 1.54) is 27.8 Å². The molecule has 1 saturated heterocycles. The lowest BCUT2D eigenvalue weighted by Crippen LogP contribution is -2.41. The Labute approximate surface area is 239 Å². The smallest absolute Gasteiger partial charge is 0.449 e. The van der Waals surface area contributed by atoms with Crippen LogP contribution in [0.15, 0.2) is 78.3 Å². The first-order chi connectivity index (χ1) is 18.9. The molecule has 0 atom stereocenters. The molecule has 1 aliphatic carbocycles. The molecule has 0 bridgehead atoms. The van der Waals surface area contributed by atoms with Crippen molar-refractivity contribution in [3.8, 4) is 11.1 Å². The zero-order valence-corrected chi connectivity index (χ0v) is 24.7. The van der Waals surface area contributed by atoms with E-state index in [1.54, 1.807) is 0 Å². The summed E-state index contributed by atoms with van der Waals surface area (Å²) in [5, 5.41) is 2.95. The van der Waals surface area contributed by atoms with E-state index >= 15 is 0 Å². The van der Waals surface area contributed by atoms with Gasteiger partial charge in [0.25, 0.3) is 0 Å². The van der Waals surface area contributed by atoms with Crippen LogP contribution in [0, 0.1) is 0 Å². The number of hydrogen-bond acceptors (Lipinski definition) is 4. The molecule has 1 fully saturated rings. The maximum absolute atomic E-state index is 13.0. The SMILES string of the molecule is CC(C)(C)c1ccc(C=C(CNC(=O)OCC2c3ccccc3-c3ccccc32)B2OC(C)(C)C(C)(C)O2)cc1. The van der Waals surface area contributed by atoms with Gasteiger partial charge in [-0.25, -0.2) is 4.79 Å². The number of benzene rings is 3. The van der Waals surface area contributed by atoms with E-state index in [2.05, 4.69) is 74.6 Å². The van der Waals surface area contributed by atoms with Crippen molar-refractivity contribution in [2.45, 2.75) is 71.0 Å². The van der Waals surface area contributed by atoms with Crippen molar-refractivity contribution in [1.29, 1.82) is 0 Å². The summed E-state index contributed by atoms with van der Waals surface area (Å²) in [7, 11) is -0.582. The lowest BCUT2D eigenvalue weighted by atomic mass is 9.76. The van der Waals surface area contributed by atoms with Gasteiger partial charge in [-0.15, -0.1) is 0 Å². The topological polar surface area (TPSA) is 56.8 Å². The molecule has 1 N–H and O–H groups in total. The van der Waals surface area contributed by atoms with Crippen molar-refractivity contribution < 1.29 is 18.8 Å². The highest BCUT2D eigenvalue weighted by molar-refractivity contribution is 6.56. The third kappa shape index (κ3) is 5.61. The van der Waals surface area contributed by atoms with Gasteiger partial charge in [0, 0.05) is 12.5 Å². The molecule has 3 aromatic rings. The molecule has 0 saturated carbocycles. The zero-order valence-electron chi connectivity index (χ0n) is 24.7.